The van der Waals surface area contributed by atoms with Gasteiger partial charge >= 0.3 is 0 Å². The zero-order valence-corrected chi connectivity index (χ0v) is 14.5. The van der Waals surface area contributed by atoms with Crippen LogP contribution in [0.2, 0.25) is 0 Å². The molecule has 25 heavy (non-hydrogen) atoms. The van der Waals surface area contributed by atoms with E-state index in [0.29, 0.717) is 16.8 Å². The van der Waals surface area contributed by atoms with Crippen LogP contribution in [0.3, 0.4) is 0 Å². The van der Waals surface area contributed by atoms with Crippen LogP contribution in [0.1, 0.15) is 35.3 Å². The highest BCUT2D eigenvalue weighted by atomic mass is 32.2. The van der Waals surface area contributed by atoms with E-state index in [1.807, 2.05) is 18.2 Å². The lowest BCUT2D eigenvalue weighted by atomic mass is 9.81. The first-order valence-electron chi connectivity index (χ1n) is 8.33. The predicted molar refractivity (Wildman–Crippen MR) is 99.5 cm³/mol. The third kappa shape index (κ3) is 3.00. The Morgan fingerprint density at radius 2 is 2.28 bits per heavy atom. The molecule has 0 radical (unpaired) electrons. The molecule has 0 bridgehead atoms. The van der Waals surface area contributed by atoms with Gasteiger partial charge in [-0.1, -0.05) is 30.3 Å². The molecule has 1 aromatic carbocycles. The van der Waals surface area contributed by atoms with Gasteiger partial charge in [0.05, 0.1) is 11.7 Å². The van der Waals surface area contributed by atoms with Gasteiger partial charge in [-0.15, -0.1) is 0 Å². The van der Waals surface area contributed by atoms with Crippen molar-refractivity contribution in [2.75, 3.05) is 11.1 Å². The molecule has 2 aliphatic rings. The maximum absolute atomic E-state index is 12.3. The molecular formula is C18H19N5OS. The number of hydrogen-bond donors (Lipinski definition) is 2. The minimum atomic E-state index is -0.270. The molecule has 6 nitrogen and oxygen atoms in total. The fourth-order valence-electron chi connectivity index (χ4n) is 3.77. The van der Waals surface area contributed by atoms with E-state index in [9.17, 15) is 4.79 Å². The number of rotatable bonds is 3. The molecule has 128 valence electrons. The van der Waals surface area contributed by atoms with Crippen molar-refractivity contribution in [2.45, 2.75) is 24.8 Å². The Hall–Kier alpha value is -2.41. The number of anilines is 1. The molecule has 2 aromatic rings. The minimum absolute atomic E-state index is 0.247. The molecule has 1 fully saturated rings. The number of nitrogens with zero attached hydrogens (tertiary/aromatic N) is 3. The van der Waals surface area contributed by atoms with Crippen molar-refractivity contribution >= 4 is 28.5 Å². The second-order valence-electron chi connectivity index (χ2n) is 6.40. The lowest BCUT2D eigenvalue weighted by molar-refractivity contribution is 0.102. The first-order valence-corrected chi connectivity index (χ1v) is 9.32. The van der Waals surface area contributed by atoms with Gasteiger partial charge in [-0.05, 0) is 36.5 Å². The molecule has 3 N–H and O–H groups in total. The first-order chi connectivity index (χ1) is 12.2. The monoisotopic (exact) mass is 353 g/mol. The van der Waals surface area contributed by atoms with Crippen molar-refractivity contribution in [1.29, 1.82) is 0 Å². The van der Waals surface area contributed by atoms with E-state index in [1.165, 1.54) is 18.8 Å². The Balaban J connectivity index is 1.64. The van der Waals surface area contributed by atoms with Crippen molar-refractivity contribution in [1.82, 2.24) is 9.97 Å². The van der Waals surface area contributed by atoms with Gasteiger partial charge in [0.15, 0.2) is 5.17 Å². The molecule has 7 heteroatoms. The highest BCUT2D eigenvalue weighted by molar-refractivity contribution is 8.13. The van der Waals surface area contributed by atoms with Crippen LogP contribution in [0.15, 0.2) is 47.8 Å². The summed E-state index contributed by atoms with van der Waals surface area (Å²) in [5.41, 5.74) is 7.94. The third-order valence-corrected chi connectivity index (χ3v) is 5.90. The van der Waals surface area contributed by atoms with E-state index < -0.39 is 0 Å². The average Bonchev–Trinajstić information content (AvgIpc) is 3.07. The van der Waals surface area contributed by atoms with Crippen molar-refractivity contribution in [2.24, 2.45) is 16.6 Å². The topological polar surface area (TPSA) is 93.3 Å². The minimum Gasteiger partial charge on any atom is -0.379 e. The van der Waals surface area contributed by atoms with Gasteiger partial charge in [-0.25, -0.2) is 4.98 Å². The van der Waals surface area contributed by atoms with Crippen LogP contribution in [0.4, 0.5) is 5.69 Å². The first kappa shape index (κ1) is 16.1. The Kier molecular flexibility index (Phi) is 4.17. The summed E-state index contributed by atoms with van der Waals surface area (Å²) in [6, 6.07) is 7.94. The lowest BCUT2D eigenvalue weighted by Gasteiger charge is -2.36. The summed E-state index contributed by atoms with van der Waals surface area (Å²) in [6.07, 6.45) is 7.82. The van der Waals surface area contributed by atoms with E-state index >= 15 is 0 Å². The van der Waals surface area contributed by atoms with Crippen molar-refractivity contribution < 1.29 is 4.79 Å². The number of hydrogen-bond acceptors (Lipinski definition) is 6. The van der Waals surface area contributed by atoms with Crippen LogP contribution in [0, 0.1) is 5.92 Å². The van der Waals surface area contributed by atoms with Crippen molar-refractivity contribution in [3.05, 3.63) is 54.1 Å². The van der Waals surface area contributed by atoms with Gasteiger partial charge in [0.1, 0.15) is 5.69 Å². The van der Waals surface area contributed by atoms with Crippen LogP contribution in [0.25, 0.3) is 0 Å². The highest BCUT2D eigenvalue weighted by Gasteiger charge is 2.46. The second-order valence-corrected chi connectivity index (χ2v) is 7.44. The number of nitrogens with one attached hydrogen (secondary N) is 1. The molecule has 4 rings (SSSR count). The largest absolute Gasteiger partial charge is 0.379 e. The smallest absolute Gasteiger partial charge is 0.275 e. The van der Waals surface area contributed by atoms with E-state index in [1.54, 1.807) is 18.0 Å². The standard InChI is InChI=1S/C18H19N5OS/c19-17-23-18(6-2-4-13(18)11-25-17)12-3-1-5-14(9-12)22-16(24)15-10-20-7-8-21-15/h1,3,5,7-10,13H,2,4,6,11H2,(H2,19,23)(H,22,24). The third-order valence-electron chi connectivity index (χ3n) is 4.94. The van der Waals surface area contributed by atoms with Gasteiger partial charge in [-0.2, -0.15) is 0 Å². The van der Waals surface area contributed by atoms with Gasteiger partial charge in [0, 0.05) is 23.8 Å². The molecule has 1 aliphatic heterocycles. The normalized spacial score (nSPS) is 25.1. The molecule has 1 aliphatic carbocycles. The number of fused-ring (bicyclic) bond motifs is 1. The van der Waals surface area contributed by atoms with Crippen LogP contribution in [-0.4, -0.2) is 26.8 Å². The SMILES string of the molecule is NC1=NC2(c3cccc(NC(=O)c4cnccn4)c3)CCCC2CS1. The Morgan fingerprint density at radius 1 is 1.36 bits per heavy atom. The van der Waals surface area contributed by atoms with E-state index in [-0.39, 0.29) is 11.4 Å². The fraction of sp³-hybridized carbons (Fsp3) is 0.333. The van der Waals surface area contributed by atoms with E-state index in [2.05, 4.69) is 21.4 Å². The van der Waals surface area contributed by atoms with Crippen LogP contribution in [-0.2, 0) is 5.54 Å². The molecule has 0 saturated heterocycles. The van der Waals surface area contributed by atoms with E-state index in [0.717, 1.165) is 29.8 Å². The summed E-state index contributed by atoms with van der Waals surface area (Å²) in [5.74, 6) is 1.23. The highest BCUT2D eigenvalue weighted by Crippen LogP contribution is 2.50. The Bertz CT molecular complexity index is 825. The molecule has 1 saturated carbocycles. The summed E-state index contributed by atoms with van der Waals surface area (Å²) in [4.78, 5) is 25.1. The lowest BCUT2D eigenvalue weighted by Crippen LogP contribution is -2.36. The number of aliphatic imine (C=N–C) groups is 1. The summed E-state index contributed by atoms with van der Waals surface area (Å²) in [6.45, 7) is 0. The molecular weight excluding hydrogens is 334 g/mol. The molecule has 1 amide bonds. The molecule has 1 aromatic heterocycles. The van der Waals surface area contributed by atoms with Crippen molar-refractivity contribution in [3.8, 4) is 0 Å². The molecule has 0 spiro atoms. The van der Waals surface area contributed by atoms with Gasteiger partial charge in [-0.3, -0.25) is 14.8 Å². The number of carbonyl (C=O) groups is 1. The number of amides is 1. The van der Waals surface area contributed by atoms with Crippen LogP contribution >= 0.6 is 11.8 Å². The number of amidine groups is 1. The van der Waals surface area contributed by atoms with Gasteiger partial charge in [0.25, 0.3) is 5.91 Å². The van der Waals surface area contributed by atoms with Crippen LogP contribution in [0.5, 0.6) is 0 Å². The molecule has 2 unspecified atom stereocenters. The Labute approximate surface area is 150 Å². The second kappa shape index (κ2) is 6.48. The van der Waals surface area contributed by atoms with Crippen LogP contribution < -0.4 is 11.1 Å². The summed E-state index contributed by atoms with van der Waals surface area (Å²) in [5, 5.41) is 3.56. The molecule has 2 atom stereocenters. The van der Waals surface area contributed by atoms with E-state index in [4.69, 9.17) is 10.7 Å². The van der Waals surface area contributed by atoms with Crippen molar-refractivity contribution in [3.63, 3.8) is 0 Å². The predicted octanol–water partition coefficient (Wildman–Crippen LogP) is 2.79. The number of thioether (sulfide) groups is 1. The summed E-state index contributed by atoms with van der Waals surface area (Å²) >= 11 is 1.64. The maximum atomic E-state index is 12.3. The zero-order valence-electron chi connectivity index (χ0n) is 13.7. The van der Waals surface area contributed by atoms with Gasteiger partial charge in [0.2, 0.25) is 0 Å². The quantitative estimate of drug-likeness (QED) is 0.885. The summed E-state index contributed by atoms with van der Waals surface area (Å²) in [7, 11) is 0. The average molecular weight is 353 g/mol. The number of benzene rings is 1. The molecule has 2 heterocycles. The zero-order chi connectivity index (χ0) is 17.3. The maximum Gasteiger partial charge on any atom is 0.275 e. The number of nitrogens with two attached hydrogens (primary N) is 1. The number of aromatic nitrogens is 2. The Morgan fingerprint density at radius 3 is 3.12 bits per heavy atom. The fourth-order valence-corrected chi connectivity index (χ4v) is 4.81. The number of carbonyl (C=O) groups excluding carboxylic acids is 1. The van der Waals surface area contributed by atoms with Gasteiger partial charge < -0.3 is 11.1 Å². The summed E-state index contributed by atoms with van der Waals surface area (Å²) < 4.78 is 0.